The zero-order chi connectivity index (χ0) is 16.9. The molecule has 2 aromatic heterocycles. The molecular formula is C18H20N4OS. The van der Waals surface area contributed by atoms with Crippen LogP contribution in [-0.4, -0.2) is 36.2 Å². The summed E-state index contributed by atoms with van der Waals surface area (Å²) in [5.74, 6) is 0.615. The van der Waals surface area contributed by atoms with Crippen molar-refractivity contribution in [3.05, 3.63) is 52.3 Å². The molecule has 3 rings (SSSR count). The van der Waals surface area contributed by atoms with Crippen molar-refractivity contribution < 1.29 is 4.79 Å². The molecule has 124 valence electrons. The number of fused-ring (bicyclic) bond motifs is 1. The van der Waals surface area contributed by atoms with Gasteiger partial charge in [0.15, 0.2) is 11.5 Å². The fraction of sp³-hybridized carbons (Fsp3) is 0.278. The Morgan fingerprint density at radius 1 is 1.17 bits per heavy atom. The van der Waals surface area contributed by atoms with E-state index in [1.165, 1.54) is 4.88 Å². The molecule has 1 amide bonds. The van der Waals surface area contributed by atoms with E-state index in [2.05, 4.69) is 28.5 Å². The Bertz CT molecular complexity index is 832. The van der Waals surface area contributed by atoms with Gasteiger partial charge in [-0.3, -0.25) is 4.79 Å². The molecule has 0 bridgehead atoms. The number of carbonyl (C=O) groups is 1. The van der Waals surface area contributed by atoms with Gasteiger partial charge in [0.2, 0.25) is 0 Å². The van der Waals surface area contributed by atoms with Gasteiger partial charge in [0.1, 0.15) is 0 Å². The van der Waals surface area contributed by atoms with Crippen LogP contribution in [0.5, 0.6) is 0 Å². The van der Waals surface area contributed by atoms with Crippen LogP contribution in [0, 0.1) is 0 Å². The van der Waals surface area contributed by atoms with Crippen LogP contribution in [0.3, 0.4) is 0 Å². The molecule has 24 heavy (non-hydrogen) atoms. The molecule has 0 saturated heterocycles. The highest BCUT2D eigenvalue weighted by Gasteiger charge is 2.16. The van der Waals surface area contributed by atoms with Crippen molar-refractivity contribution in [2.24, 2.45) is 0 Å². The Morgan fingerprint density at radius 3 is 2.67 bits per heavy atom. The minimum absolute atomic E-state index is 0.180. The van der Waals surface area contributed by atoms with E-state index in [-0.39, 0.29) is 5.91 Å². The zero-order valence-corrected chi connectivity index (χ0v) is 14.6. The second-order valence-electron chi connectivity index (χ2n) is 5.52. The van der Waals surface area contributed by atoms with Gasteiger partial charge in [0.25, 0.3) is 5.91 Å². The summed E-state index contributed by atoms with van der Waals surface area (Å²) in [6, 6.07) is 11.9. The maximum atomic E-state index is 12.5. The van der Waals surface area contributed by atoms with Gasteiger partial charge in [-0.1, -0.05) is 30.3 Å². The summed E-state index contributed by atoms with van der Waals surface area (Å²) in [7, 11) is 1.97. The molecule has 6 heteroatoms. The molecule has 0 aliphatic heterocycles. The third-order valence-electron chi connectivity index (χ3n) is 3.96. The van der Waals surface area contributed by atoms with E-state index in [9.17, 15) is 4.79 Å². The molecule has 0 radical (unpaired) electrons. The number of hydrogen-bond acceptors (Lipinski definition) is 5. The van der Waals surface area contributed by atoms with Crippen LogP contribution in [-0.2, 0) is 6.42 Å². The van der Waals surface area contributed by atoms with Crippen LogP contribution < -0.4 is 10.2 Å². The van der Waals surface area contributed by atoms with E-state index in [1.54, 1.807) is 11.3 Å². The van der Waals surface area contributed by atoms with E-state index in [4.69, 9.17) is 0 Å². The van der Waals surface area contributed by atoms with E-state index < -0.39 is 0 Å². The van der Waals surface area contributed by atoms with Crippen LogP contribution in [0.15, 0.2) is 41.8 Å². The fourth-order valence-electron chi connectivity index (χ4n) is 2.53. The fourth-order valence-corrected chi connectivity index (χ4v) is 3.24. The summed E-state index contributed by atoms with van der Waals surface area (Å²) in [5.41, 5.74) is 0.380. The number of hydrogen-bond donors (Lipinski definition) is 1. The van der Waals surface area contributed by atoms with Crippen molar-refractivity contribution in [2.75, 3.05) is 25.0 Å². The molecule has 0 saturated carbocycles. The van der Waals surface area contributed by atoms with Crippen LogP contribution in [0.2, 0.25) is 0 Å². The van der Waals surface area contributed by atoms with Gasteiger partial charge in [-0.05, 0) is 24.8 Å². The van der Waals surface area contributed by atoms with Crippen molar-refractivity contribution >= 4 is 33.8 Å². The van der Waals surface area contributed by atoms with Crippen molar-refractivity contribution in [1.29, 1.82) is 0 Å². The Morgan fingerprint density at radius 2 is 1.96 bits per heavy atom. The number of anilines is 1. The van der Waals surface area contributed by atoms with Crippen LogP contribution >= 0.6 is 11.3 Å². The molecular weight excluding hydrogens is 320 g/mol. The SMILES string of the molecule is CCN(C)c1nnc(C(=O)NCCc2cccs2)c2ccccc12. The Kier molecular flexibility index (Phi) is 5.05. The first kappa shape index (κ1) is 16.4. The smallest absolute Gasteiger partial charge is 0.272 e. The number of thiophene rings is 1. The predicted octanol–water partition coefficient (Wildman–Crippen LogP) is 3.12. The molecule has 1 N–H and O–H groups in total. The maximum absolute atomic E-state index is 12.5. The van der Waals surface area contributed by atoms with Crippen molar-refractivity contribution in [2.45, 2.75) is 13.3 Å². The lowest BCUT2D eigenvalue weighted by Crippen LogP contribution is -2.27. The van der Waals surface area contributed by atoms with Crippen molar-refractivity contribution in [3.63, 3.8) is 0 Å². The lowest BCUT2D eigenvalue weighted by atomic mass is 10.1. The Hall–Kier alpha value is -2.47. The summed E-state index contributed by atoms with van der Waals surface area (Å²) >= 11 is 1.70. The summed E-state index contributed by atoms with van der Waals surface area (Å²) < 4.78 is 0. The third-order valence-corrected chi connectivity index (χ3v) is 4.89. The van der Waals surface area contributed by atoms with Gasteiger partial charge in [-0.15, -0.1) is 21.5 Å². The molecule has 0 spiro atoms. The molecule has 0 atom stereocenters. The van der Waals surface area contributed by atoms with Gasteiger partial charge < -0.3 is 10.2 Å². The minimum atomic E-state index is -0.180. The quantitative estimate of drug-likeness (QED) is 0.749. The van der Waals surface area contributed by atoms with Gasteiger partial charge in [-0.2, -0.15) is 0 Å². The Labute approximate surface area is 145 Å². The number of nitrogens with zero attached hydrogens (tertiary/aromatic N) is 3. The summed E-state index contributed by atoms with van der Waals surface area (Å²) in [4.78, 5) is 15.8. The summed E-state index contributed by atoms with van der Waals surface area (Å²) in [5, 5.41) is 15.2. The molecule has 0 unspecified atom stereocenters. The highest BCUT2D eigenvalue weighted by atomic mass is 32.1. The third kappa shape index (κ3) is 3.38. The second-order valence-corrected chi connectivity index (χ2v) is 6.55. The van der Waals surface area contributed by atoms with Crippen molar-refractivity contribution in [1.82, 2.24) is 15.5 Å². The van der Waals surface area contributed by atoms with Gasteiger partial charge in [0.05, 0.1) is 0 Å². The number of rotatable bonds is 6. The summed E-state index contributed by atoms with van der Waals surface area (Å²) in [6.07, 6.45) is 0.825. The van der Waals surface area contributed by atoms with E-state index in [1.807, 2.05) is 47.7 Å². The second kappa shape index (κ2) is 7.40. The highest BCUT2D eigenvalue weighted by Crippen LogP contribution is 2.25. The number of nitrogens with one attached hydrogen (secondary N) is 1. The van der Waals surface area contributed by atoms with Gasteiger partial charge in [-0.25, -0.2) is 0 Å². The molecule has 2 heterocycles. The average molecular weight is 340 g/mol. The van der Waals surface area contributed by atoms with E-state index in [0.717, 1.165) is 29.6 Å². The highest BCUT2D eigenvalue weighted by molar-refractivity contribution is 7.09. The molecule has 0 aliphatic carbocycles. The van der Waals surface area contributed by atoms with E-state index in [0.29, 0.717) is 12.2 Å². The molecule has 3 aromatic rings. The number of amides is 1. The molecule has 1 aromatic carbocycles. The Balaban J connectivity index is 1.82. The lowest BCUT2D eigenvalue weighted by molar-refractivity contribution is 0.0950. The average Bonchev–Trinajstić information content (AvgIpc) is 3.13. The first-order chi connectivity index (χ1) is 11.7. The molecule has 0 aliphatic rings. The predicted molar refractivity (Wildman–Crippen MR) is 98.8 cm³/mol. The number of aromatic nitrogens is 2. The molecule has 5 nitrogen and oxygen atoms in total. The summed E-state index contributed by atoms with van der Waals surface area (Å²) in [6.45, 7) is 3.47. The van der Waals surface area contributed by atoms with Crippen LogP contribution in [0.1, 0.15) is 22.3 Å². The zero-order valence-electron chi connectivity index (χ0n) is 13.8. The van der Waals surface area contributed by atoms with Gasteiger partial charge in [0, 0.05) is 35.8 Å². The first-order valence-corrected chi connectivity index (χ1v) is 8.85. The van der Waals surface area contributed by atoms with Crippen molar-refractivity contribution in [3.8, 4) is 0 Å². The monoisotopic (exact) mass is 340 g/mol. The number of carbonyl (C=O) groups excluding carboxylic acids is 1. The first-order valence-electron chi connectivity index (χ1n) is 7.98. The standard InChI is InChI=1S/C18H20N4OS/c1-3-22(2)17-15-9-5-4-8-14(15)16(20-21-17)18(23)19-11-10-13-7-6-12-24-13/h4-9,12H,3,10-11H2,1-2H3,(H,19,23). The topological polar surface area (TPSA) is 58.1 Å². The molecule has 0 fully saturated rings. The normalized spacial score (nSPS) is 10.8. The maximum Gasteiger partial charge on any atom is 0.272 e. The van der Waals surface area contributed by atoms with Crippen LogP contribution in [0.25, 0.3) is 10.8 Å². The minimum Gasteiger partial charge on any atom is -0.358 e. The van der Waals surface area contributed by atoms with E-state index >= 15 is 0 Å². The van der Waals surface area contributed by atoms with Gasteiger partial charge >= 0.3 is 0 Å². The number of benzene rings is 1. The lowest BCUT2D eigenvalue weighted by Gasteiger charge is -2.17. The van der Waals surface area contributed by atoms with Crippen LogP contribution in [0.4, 0.5) is 5.82 Å². The largest absolute Gasteiger partial charge is 0.358 e.